The summed E-state index contributed by atoms with van der Waals surface area (Å²) in [5.74, 6) is 1.52. The van der Waals surface area contributed by atoms with E-state index in [4.69, 9.17) is 9.47 Å². The van der Waals surface area contributed by atoms with Crippen molar-refractivity contribution in [1.29, 1.82) is 0 Å². The monoisotopic (exact) mass is 271 g/mol. The highest BCUT2D eigenvalue weighted by atomic mass is 32.2. The summed E-state index contributed by atoms with van der Waals surface area (Å²) in [7, 11) is -2.98. The van der Waals surface area contributed by atoms with Gasteiger partial charge in [-0.05, 0) is 19.1 Å². The van der Waals surface area contributed by atoms with Gasteiger partial charge in [0.05, 0.1) is 5.75 Å². The molecule has 2 rings (SSSR count). The largest absolute Gasteiger partial charge is 0.486 e. The van der Waals surface area contributed by atoms with Crippen molar-refractivity contribution in [1.82, 2.24) is 0 Å². The quantitative estimate of drug-likeness (QED) is 0.894. The number of fused-ring (bicyclic) bond motifs is 1. The summed E-state index contributed by atoms with van der Waals surface area (Å²) >= 11 is 0. The number of anilines is 1. The molecular formula is C12H17NO4S. The first kappa shape index (κ1) is 13.0. The summed E-state index contributed by atoms with van der Waals surface area (Å²) in [6, 6.07) is 5.35. The minimum atomic E-state index is -2.98. The van der Waals surface area contributed by atoms with Crippen LogP contribution in [0, 0.1) is 0 Å². The van der Waals surface area contributed by atoms with Crippen molar-refractivity contribution in [2.45, 2.75) is 13.0 Å². The lowest BCUT2D eigenvalue weighted by molar-refractivity contribution is 0.171. The molecule has 6 heteroatoms. The average Bonchev–Trinajstić information content (AvgIpc) is 2.26. The molecule has 0 amide bonds. The van der Waals surface area contributed by atoms with Crippen molar-refractivity contribution in [2.75, 3.05) is 30.5 Å². The highest BCUT2D eigenvalue weighted by molar-refractivity contribution is 7.90. The van der Waals surface area contributed by atoms with Gasteiger partial charge in [-0.15, -0.1) is 0 Å². The second-order valence-electron chi connectivity index (χ2n) is 4.50. The van der Waals surface area contributed by atoms with Crippen molar-refractivity contribution in [3.05, 3.63) is 18.2 Å². The molecule has 0 bridgehead atoms. The van der Waals surface area contributed by atoms with E-state index in [1.54, 1.807) is 0 Å². The molecule has 1 aromatic carbocycles. The van der Waals surface area contributed by atoms with Crippen LogP contribution in [0.5, 0.6) is 11.5 Å². The number of hydrogen-bond donors (Lipinski definition) is 1. The minimum Gasteiger partial charge on any atom is -0.486 e. The van der Waals surface area contributed by atoms with E-state index in [-0.39, 0.29) is 11.8 Å². The summed E-state index contributed by atoms with van der Waals surface area (Å²) in [6.45, 7) is 2.93. The Kier molecular flexibility index (Phi) is 3.65. The fourth-order valence-corrected chi connectivity index (χ4v) is 2.91. The maximum atomic E-state index is 11.2. The van der Waals surface area contributed by atoms with Crippen LogP contribution >= 0.6 is 0 Å². The van der Waals surface area contributed by atoms with Crippen LogP contribution < -0.4 is 14.8 Å². The zero-order valence-corrected chi connectivity index (χ0v) is 11.3. The lowest BCUT2D eigenvalue weighted by Gasteiger charge is -2.20. The van der Waals surface area contributed by atoms with E-state index in [0.717, 1.165) is 11.4 Å². The van der Waals surface area contributed by atoms with E-state index in [0.29, 0.717) is 19.0 Å². The van der Waals surface area contributed by atoms with Gasteiger partial charge in [-0.2, -0.15) is 0 Å². The van der Waals surface area contributed by atoms with Gasteiger partial charge >= 0.3 is 0 Å². The zero-order chi connectivity index (χ0) is 13.2. The lowest BCUT2D eigenvalue weighted by atomic mass is 10.2. The second-order valence-corrected chi connectivity index (χ2v) is 6.68. The SMILES string of the molecule is CC(CS(C)(=O)=O)Nc1ccc2c(c1)OCCO2. The van der Waals surface area contributed by atoms with E-state index in [9.17, 15) is 8.42 Å². The molecule has 100 valence electrons. The summed E-state index contributed by atoms with van der Waals surface area (Å²) in [4.78, 5) is 0. The van der Waals surface area contributed by atoms with Crippen molar-refractivity contribution >= 4 is 15.5 Å². The normalized spacial score (nSPS) is 16.1. The topological polar surface area (TPSA) is 64.6 Å². The van der Waals surface area contributed by atoms with Crippen molar-refractivity contribution in [2.24, 2.45) is 0 Å². The van der Waals surface area contributed by atoms with E-state index in [1.165, 1.54) is 6.26 Å². The number of ether oxygens (including phenoxy) is 2. The molecule has 1 N–H and O–H groups in total. The lowest BCUT2D eigenvalue weighted by Crippen LogP contribution is -2.25. The van der Waals surface area contributed by atoms with Gasteiger partial charge < -0.3 is 14.8 Å². The Bertz CT molecular complexity index is 527. The minimum absolute atomic E-state index is 0.0987. The van der Waals surface area contributed by atoms with Crippen molar-refractivity contribution < 1.29 is 17.9 Å². The smallest absolute Gasteiger partial charge is 0.163 e. The van der Waals surface area contributed by atoms with Crippen LogP contribution in [0.4, 0.5) is 5.69 Å². The Morgan fingerprint density at radius 1 is 1.28 bits per heavy atom. The summed E-state index contributed by atoms with van der Waals surface area (Å²) in [5.41, 5.74) is 0.829. The van der Waals surface area contributed by atoms with E-state index < -0.39 is 9.84 Å². The second kappa shape index (κ2) is 5.06. The Hall–Kier alpha value is -1.43. The van der Waals surface area contributed by atoms with Crippen molar-refractivity contribution in [3.8, 4) is 11.5 Å². The number of nitrogens with one attached hydrogen (secondary N) is 1. The molecule has 0 aromatic heterocycles. The first-order valence-electron chi connectivity index (χ1n) is 5.78. The predicted molar refractivity (Wildman–Crippen MR) is 70.2 cm³/mol. The van der Waals surface area contributed by atoms with E-state index >= 15 is 0 Å². The van der Waals surface area contributed by atoms with Gasteiger partial charge in [-0.1, -0.05) is 0 Å². The standard InChI is InChI=1S/C12H17NO4S/c1-9(8-18(2,14)15)13-10-3-4-11-12(7-10)17-6-5-16-11/h3-4,7,9,13H,5-6,8H2,1-2H3. The molecule has 1 aromatic rings. The molecule has 0 fully saturated rings. The molecule has 0 saturated heterocycles. The van der Waals surface area contributed by atoms with Gasteiger partial charge in [0.2, 0.25) is 0 Å². The molecule has 0 aliphatic carbocycles. The molecule has 1 aliphatic rings. The molecular weight excluding hydrogens is 254 g/mol. The van der Waals surface area contributed by atoms with Crippen LogP contribution in [0.25, 0.3) is 0 Å². The van der Waals surface area contributed by atoms with Crippen LogP contribution in [-0.2, 0) is 9.84 Å². The number of hydrogen-bond acceptors (Lipinski definition) is 5. The number of sulfone groups is 1. The van der Waals surface area contributed by atoms with E-state index in [1.807, 2.05) is 25.1 Å². The van der Waals surface area contributed by atoms with Crippen LogP contribution in [0.3, 0.4) is 0 Å². The van der Waals surface area contributed by atoms with Crippen LogP contribution in [0.15, 0.2) is 18.2 Å². The summed E-state index contributed by atoms with van der Waals surface area (Å²) in [6.07, 6.45) is 1.23. The maximum absolute atomic E-state index is 11.2. The van der Waals surface area contributed by atoms with Gasteiger partial charge in [0, 0.05) is 24.1 Å². The van der Waals surface area contributed by atoms with Gasteiger partial charge in [-0.3, -0.25) is 0 Å². The molecule has 1 atom stereocenters. The van der Waals surface area contributed by atoms with Crippen LogP contribution in [0.1, 0.15) is 6.92 Å². The average molecular weight is 271 g/mol. The molecule has 0 radical (unpaired) electrons. The fourth-order valence-electron chi connectivity index (χ4n) is 1.91. The molecule has 1 heterocycles. The Balaban J connectivity index is 2.06. The van der Waals surface area contributed by atoms with Crippen LogP contribution in [-0.4, -0.2) is 39.7 Å². The number of benzene rings is 1. The fraction of sp³-hybridized carbons (Fsp3) is 0.500. The Labute approximate surface area is 107 Å². The molecule has 1 unspecified atom stereocenters. The third-order valence-corrected chi connectivity index (χ3v) is 3.61. The first-order chi connectivity index (χ1) is 8.44. The Morgan fingerprint density at radius 2 is 1.94 bits per heavy atom. The zero-order valence-electron chi connectivity index (χ0n) is 10.5. The summed E-state index contributed by atoms with van der Waals surface area (Å²) < 4.78 is 33.2. The highest BCUT2D eigenvalue weighted by Gasteiger charge is 2.14. The molecule has 18 heavy (non-hydrogen) atoms. The highest BCUT2D eigenvalue weighted by Crippen LogP contribution is 2.32. The molecule has 1 aliphatic heterocycles. The number of rotatable bonds is 4. The molecule has 5 nitrogen and oxygen atoms in total. The first-order valence-corrected chi connectivity index (χ1v) is 7.84. The third kappa shape index (κ3) is 3.53. The van der Waals surface area contributed by atoms with Gasteiger partial charge in [0.25, 0.3) is 0 Å². The summed E-state index contributed by atoms with van der Waals surface area (Å²) in [5, 5.41) is 3.13. The maximum Gasteiger partial charge on any atom is 0.163 e. The predicted octanol–water partition coefficient (Wildman–Crippen LogP) is 1.30. The van der Waals surface area contributed by atoms with E-state index in [2.05, 4.69) is 5.32 Å². The molecule has 0 saturated carbocycles. The Morgan fingerprint density at radius 3 is 2.61 bits per heavy atom. The van der Waals surface area contributed by atoms with Crippen LogP contribution in [0.2, 0.25) is 0 Å². The third-order valence-electron chi connectivity index (χ3n) is 2.51. The van der Waals surface area contributed by atoms with Gasteiger partial charge in [0.1, 0.15) is 23.1 Å². The molecule has 0 spiro atoms. The van der Waals surface area contributed by atoms with Gasteiger partial charge in [-0.25, -0.2) is 8.42 Å². The van der Waals surface area contributed by atoms with Crippen molar-refractivity contribution in [3.63, 3.8) is 0 Å². The van der Waals surface area contributed by atoms with Gasteiger partial charge in [0.15, 0.2) is 11.5 Å².